The number of carbonyl (C=O) groups is 3. The molecule has 7 rings (SSSR count). The molecule has 5 aliphatic rings. The van der Waals surface area contributed by atoms with Crippen molar-refractivity contribution in [3.63, 3.8) is 0 Å². The predicted octanol–water partition coefficient (Wildman–Crippen LogP) is 1.29. The van der Waals surface area contributed by atoms with Crippen LogP contribution in [0.25, 0.3) is 0 Å². The van der Waals surface area contributed by atoms with E-state index in [2.05, 4.69) is 10.2 Å². The molecule has 1 unspecified atom stereocenters. The van der Waals surface area contributed by atoms with Crippen LogP contribution in [0, 0.1) is 0 Å². The van der Waals surface area contributed by atoms with E-state index in [1.165, 1.54) is 19.2 Å². The van der Waals surface area contributed by atoms with Crippen LogP contribution in [0.5, 0.6) is 17.2 Å². The maximum atomic E-state index is 13.9. The Morgan fingerprint density at radius 3 is 2.60 bits per heavy atom. The number of methoxy groups -OCH3 is 2. The number of nitrogens with one attached hydrogen (secondary N) is 1. The van der Waals surface area contributed by atoms with E-state index in [4.69, 9.17) is 28.4 Å². The lowest BCUT2D eigenvalue weighted by Crippen LogP contribution is -2.55. The number of likely N-dealkylation sites (N-methyl/N-ethyl adjacent to an activating group) is 1. The van der Waals surface area contributed by atoms with E-state index in [1.807, 2.05) is 6.92 Å². The SMILES string of the molecule is CCNC(=O)[C@]1(O)Cc2c(O)c3c(c(O)c2[C@@H](O[C@H]2CC4[C@H](O[C@@H]5[C@@H](OC)OCCN45)[C@H](C)O2)C1)C(=O)c1c(OC)cccc1C3=O. The summed E-state index contributed by atoms with van der Waals surface area (Å²) in [5.41, 5.74) is -3.01. The van der Waals surface area contributed by atoms with E-state index < -0.39 is 83.1 Å². The Balaban J connectivity index is 1.30. The Morgan fingerprint density at radius 1 is 1.11 bits per heavy atom. The number of ether oxygens (including phenoxy) is 6. The van der Waals surface area contributed by atoms with Crippen LogP contribution >= 0.6 is 0 Å². The predicted molar refractivity (Wildman–Crippen MR) is 160 cm³/mol. The van der Waals surface area contributed by atoms with E-state index in [0.29, 0.717) is 19.6 Å². The summed E-state index contributed by atoms with van der Waals surface area (Å²) in [6.07, 6.45) is -4.35. The second-order valence-electron chi connectivity index (χ2n) is 12.6. The van der Waals surface area contributed by atoms with Gasteiger partial charge in [-0.3, -0.25) is 19.3 Å². The van der Waals surface area contributed by atoms with Gasteiger partial charge in [0.2, 0.25) is 5.78 Å². The molecule has 3 saturated heterocycles. The highest BCUT2D eigenvalue weighted by molar-refractivity contribution is 6.31. The first-order valence-electron chi connectivity index (χ1n) is 15.8. The topological polar surface area (TPSA) is 183 Å². The van der Waals surface area contributed by atoms with Gasteiger partial charge in [0, 0.05) is 62.2 Å². The van der Waals surface area contributed by atoms with Gasteiger partial charge >= 0.3 is 0 Å². The van der Waals surface area contributed by atoms with Gasteiger partial charge in [0.1, 0.15) is 29.0 Å². The molecule has 3 heterocycles. The lowest BCUT2D eigenvalue weighted by Gasteiger charge is -2.43. The van der Waals surface area contributed by atoms with Crippen LogP contribution in [-0.4, -0.2) is 114 Å². The molecule has 3 aliphatic heterocycles. The molecule has 2 aliphatic carbocycles. The number of fused-ring (bicyclic) bond motifs is 6. The summed E-state index contributed by atoms with van der Waals surface area (Å²) < 4.78 is 35.6. The molecule has 3 fully saturated rings. The van der Waals surface area contributed by atoms with Gasteiger partial charge in [-0.25, -0.2) is 0 Å². The molecule has 1 amide bonds. The third-order valence-corrected chi connectivity index (χ3v) is 9.94. The van der Waals surface area contributed by atoms with Crippen LogP contribution in [0.1, 0.15) is 75.8 Å². The van der Waals surface area contributed by atoms with Crippen molar-refractivity contribution in [3.05, 3.63) is 51.6 Å². The van der Waals surface area contributed by atoms with Gasteiger partial charge in [-0.2, -0.15) is 0 Å². The summed E-state index contributed by atoms with van der Waals surface area (Å²) in [5, 5.41) is 37.9. The minimum Gasteiger partial charge on any atom is -0.507 e. The first kappa shape index (κ1) is 31.9. The van der Waals surface area contributed by atoms with E-state index in [0.717, 1.165) is 0 Å². The molecule has 0 aromatic heterocycles. The number of carbonyl (C=O) groups excluding carboxylic acids is 3. The molecule has 47 heavy (non-hydrogen) atoms. The molecule has 4 N–H and O–H groups in total. The van der Waals surface area contributed by atoms with Gasteiger partial charge in [-0.1, -0.05) is 12.1 Å². The Bertz CT molecular complexity index is 1650. The highest BCUT2D eigenvalue weighted by atomic mass is 16.7. The van der Waals surface area contributed by atoms with Gasteiger partial charge in [0.05, 0.1) is 42.6 Å². The Labute approximate surface area is 270 Å². The number of hydrogen-bond donors (Lipinski definition) is 4. The Kier molecular flexibility index (Phi) is 8.02. The molecule has 252 valence electrons. The van der Waals surface area contributed by atoms with Crippen LogP contribution in [0.4, 0.5) is 0 Å². The van der Waals surface area contributed by atoms with Crippen molar-refractivity contribution in [2.24, 2.45) is 0 Å². The van der Waals surface area contributed by atoms with Crippen molar-refractivity contribution in [1.29, 1.82) is 0 Å². The number of nitrogens with zero attached hydrogens (tertiary/aromatic N) is 1. The number of ketones is 2. The minimum atomic E-state index is -2.09. The second kappa shape index (κ2) is 11.8. The molecular weight excluding hydrogens is 616 g/mol. The number of aromatic hydroxyl groups is 2. The zero-order chi connectivity index (χ0) is 33.4. The number of amides is 1. The van der Waals surface area contributed by atoms with E-state index in [9.17, 15) is 29.7 Å². The van der Waals surface area contributed by atoms with Crippen molar-refractivity contribution in [1.82, 2.24) is 10.2 Å². The molecule has 0 bridgehead atoms. The maximum Gasteiger partial charge on any atom is 0.252 e. The van der Waals surface area contributed by atoms with Gasteiger partial charge < -0.3 is 49.1 Å². The molecule has 14 heteroatoms. The number of rotatable bonds is 6. The summed E-state index contributed by atoms with van der Waals surface area (Å²) in [6, 6.07) is 4.36. The average Bonchev–Trinajstić information content (AvgIpc) is 3.44. The Hall–Kier alpha value is -3.63. The fraction of sp³-hybridized carbons (Fsp3) is 0.545. The van der Waals surface area contributed by atoms with Crippen molar-refractivity contribution in [2.45, 2.75) is 81.9 Å². The minimum absolute atomic E-state index is 0.000494. The highest BCUT2D eigenvalue weighted by Gasteiger charge is 2.55. The molecule has 14 nitrogen and oxygen atoms in total. The number of phenolic OH excluding ortho intramolecular Hbond substituents is 2. The average molecular weight is 655 g/mol. The molecule has 2 aromatic rings. The number of benzene rings is 2. The summed E-state index contributed by atoms with van der Waals surface area (Å²) in [4.78, 5) is 43.1. The Morgan fingerprint density at radius 2 is 1.87 bits per heavy atom. The number of aliphatic hydroxyl groups is 1. The smallest absolute Gasteiger partial charge is 0.252 e. The number of phenols is 2. The lowest BCUT2D eigenvalue weighted by molar-refractivity contribution is -0.256. The first-order valence-corrected chi connectivity index (χ1v) is 15.8. The van der Waals surface area contributed by atoms with Gasteiger partial charge in [0.25, 0.3) is 5.91 Å². The largest absolute Gasteiger partial charge is 0.507 e. The van der Waals surface area contributed by atoms with Gasteiger partial charge in [-0.05, 0) is 19.9 Å². The molecular formula is C33H38N2O12. The number of morpholine rings is 1. The normalized spacial score (nSPS) is 32.9. The summed E-state index contributed by atoms with van der Waals surface area (Å²) in [7, 11) is 2.91. The number of hydrogen-bond acceptors (Lipinski definition) is 13. The fourth-order valence-electron chi connectivity index (χ4n) is 7.83. The quantitative estimate of drug-likeness (QED) is 0.279. The standard InChI is InChI=1S/C33H38N2O12/c1-5-34-32(40)33(41)12-16-22(28(39)24-23(26(16)37)25(36)15-7-6-8-18(42-3)21(15)27(24)38)19(13-33)46-20-11-17-29(14(2)45-20)47-30-31(43-4)44-10-9-35(17)30/h6-8,14,17,19-20,29-31,37,39,41H,5,9-13H2,1-4H3,(H,34,40)/t14-,17?,19-,20-,29+,30+,31-,33-/m0/s1. The zero-order valence-corrected chi connectivity index (χ0v) is 26.5. The molecule has 8 atom stereocenters. The van der Waals surface area contributed by atoms with Gasteiger partial charge in [0.15, 0.2) is 24.6 Å². The van der Waals surface area contributed by atoms with Crippen LogP contribution < -0.4 is 10.1 Å². The third-order valence-electron chi connectivity index (χ3n) is 9.94. The van der Waals surface area contributed by atoms with Crippen molar-refractivity contribution < 1.29 is 58.1 Å². The molecule has 2 aromatic carbocycles. The van der Waals surface area contributed by atoms with Crippen molar-refractivity contribution >= 4 is 17.5 Å². The van der Waals surface area contributed by atoms with Crippen LogP contribution in [-0.2, 0) is 34.9 Å². The summed E-state index contributed by atoms with van der Waals surface area (Å²) in [5.74, 6) is -3.19. The molecule has 0 saturated carbocycles. The van der Waals surface area contributed by atoms with E-state index in [1.54, 1.807) is 20.1 Å². The van der Waals surface area contributed by atoms with Crippen LogP contribution in [0.2, 0.25) is 0 Å². The van der Waals surface area contributed by atoms with E-state index >= 15 is 0 Å². The monoisotopic (exact) mass is 654 g/mol. The van der Waals surface area contributed by atoms with E-state index in [-0.39, 0.29) is 53.1 Å². The molecule has 0 spiro atoms. The van der Waals surface area contributed by atoms with Crippen molar-refractivity contribution in [2.75, 3.05) is 33.9 Å². The third kappa shape index (κ3) is 4.85. The zero-order valence-electron chi connectivity index (χ0n) is 26.5. The summed E-state index contributed by atoms with van der Waals surface area (Å²) in [6.45, 7) is 4.81. The van der Waals surface area contributed by atoms with Crippen molar-refractivity contribution in [3.8, 4) is 17.2 Å². The first-order chi connectivity index (χ1) is 22.5. The maximum absolute atomic E-state index is 13.9. The summed E-state index contributed by atoms with van der Waals surface area (Å²) >= 11 is 0. The van der Waals surface area contributed by atoms with Crippen LogP contribution in [0.3, 0.4) is 0 Å². The van der Waals surface area contributed by atoms with Gasteiger partial charge in [-0.15, -0.1) is 0 Å². The van der Waals surface area contributed by atoms with Crippen LogP contribution in [0.15, 0.2) is 18.2 Å². The highest BCUT2D eigenvalue weighted by Crippen LogP contribution is 2.53. The fourth-order valence-corrected chi connectivity index (χ4v) is 7.83. The molecule has 0 radical (unpaired) electrons. The lowest BCUT2D eigenvalue weighted by atomic mass is 9.72. The second-order valence-corrected chi connectivity index (χ2v) is 12.6.